The van der Waals surface area contributed by atoms with Gasteiger partial charge in [0.2, 0.25) is 0 Å². The third-order valence-corrected chi connectivity index (χ3v) is 5.30. The summed E-state index contributed by atoms with van der Waals surface area (Å²) in [6.07, 6.45) is 1.52. The first-order valence-corrected chi connectivity index (χ1v) is 8.88. The van der Waals surface area contributed by atoms with E-state index < -0.39 is 0 Å². The number of amides is 3. The van der Waals surface area contributed by atoms with Crippen molar-refractivity contribution in [2.75, 3.05) is 26.7 Å². The third-order valence-electron chi connectivity index (χ3n) is 5.30. The Bertz CT molecular complexity index is 632. The van der Waals surface area contributed by atoms with Gasteiger partial charge in [0.05, 0.1) is 11.6 Å². The molecule has 25 heavy (non-hydrogen) atoms. The Balaban J connectivity index is 1.58. The smallest absolute Gasteiger partial charge is 0.410 e. The first kappa shape index (κ1) is 17.6. The minimum Gasteiger partial charge on any atom is -0.445 e. The molecule has 2 heterocycles. The van der Waals surface area contributed by atoms with Gasteiger partial charge in [-0.2, -0.15) is 0 Å². The Hall–Kier alpha value is -2.24. The zero-order valence-corrected chi connectivity index (χ0v) is 15.3. The number of carbonyl (C=O) groups is 2. The van der Waals surface area contributed by atoms with Gasteiger partial charge < -0.3 is 19.4 Å². The normalized spacial score (nSPS) is 23.1. The molecule has 1 aromatic carbocycles. The maximum atomic E-state index is 12.5. The van der Waals surface area contributed by atoms with Gasteiger partial charge in [-0.15, -0.1) is 0 Å². The van der Waals surface area contributed by atoms with Gasteiger partial charge >= 0.3 is 12.1 Å². The molecule has 0 saturated carbocycles. The van der Waals surface area contributed by atoms with Crippen molar-refractivity contribution < 1.29 is 14.3 Å². The lowest BCUT2D eigenvalue weighted by Crippen LogP contribution is -2.51. The maximum Gasteiger partial charge on any atom is 0.410 e. The first-order valence-electron chi connectivity index (χ1n) is 8.88. The molecule has 0 unspecified atom stereocenters. The van der Waals surface area contributed by atoms with Crippen molar-refractivity contribution in [1.29, 1.82) is 0 Å². The van der Waals surface area contributed by atoms with Crippen LogP contribution in [0.3, 0.4) is 0 Å². The van der Waals surface area contributed by atoms with Crippen LogP contribution in [-0.2, 0) is 11.3 Å². The monoisotopic (exact) mass is 345 g/mol. The number of likely N-dealkylation sites (N-methyl/N-ethyl adjacent to an activating group) is 1. The number of hydrogen-bond donors (Lipinski definition) is 0. The molecule has 0 bridgehead atoms. The summed E-state index contributed by atoms with van der Waals surface area (Å²) in [5.74, 6) is 0. The predicted octanol–water partition coefficient (Wildman–Crippen LogP) is 2.93. The molecule has 0 radical (unpaired) electrons. The molecule has 0 aliphatic carbocycles. The van der Waals surface area contributed by atoms with E-state index in [9.17, 15) is 9.59 Å². The lowest BCUT2D eigenvalue weighted by Gasteiger charge is -2.36. The molecule has 136 valence electrons. The lowest BCUT2D eigenvalue weighted by molar-refractivity contribution is 0.0701. The number of carbonyl (C=O) groups excluding carboxylic acids is 2. The second-order valence-corrected chi connectivity index (χ2v) is 7.56. The molecular formula is C19H27N3O3. The van der Waals surface area contributed by atoms with E-state index in [1.54, 1.807) is 9.80 Å². The minimum atomic E-state index is -0.298. The summed E-state index contributed by atoms with van der Waals surface area (Å²) in [5, 5.41) is 0. The molecule has 2 saturated heterocycles. The highest BCUT2D eigenvalue weighted by molar-refractivity contribution is 5.78. The topological polar surface area (TPSA) is 53.1 Å². The highest BCUT2D eigenvalue weighted by Gasteiger charge is 2.44. The van der Waals surface area contributed by atoms with Gasteiger partial charge in [0, 0.05) is 26.7 Å². The van der Waals surface area contributed by atoms with E-state index in [2.05, 4.69) is 13.8 Å². The van der Waals surface area contributed by atoms with Crippen LogP contribution in [0.25, 0.3) is 0 Å². The Morgan fingerprint density at radius 3 is 2.64 bits per heavy atom. The summed E-state index contributed by atoms with van der Waals surface area (Å²) in [5.41, 5.74) is 0.801. The molecular weight excluding hydrogens is 318 g/mol. The average Bonchev–Trinajstić information content (AvgIpc) is 2.84. The average molecular weight is 345 g/mol. The highest BCUT2D eigenvalue weighted by Crippen LogP contribution is 2.29. The summed E-state index contributed by atoms with van der Waals surface area (Å²) in [7, 11) is 1.84. The van der Waals surface area contributed by atoms with Gasteiger partial charge in [-0.25, -0.2) is 9.59 Å². The SMILES string of the molecule is CN1C(=O)N([C@H]2CCCN(C(=O)OCc3ccccc3)C2)CC1(C)C. The lowest BCUT2D eigenvalue weighted by atomic mass is 10.0. The molecule has 0 aromatic heterocycles. The molecule has 3 rings (SSSR count). The predicted molar refractivity (Wildman–Crippen MR) is 95.2 cm³/mol. The van der Waals surface area contributed by atoms with Gasteiger partial charge in [-0.3, -0.25) is 0 Å². The fourth-order valence-electron chi connectivity index (χ4n) is 3.51. The molecule has 2 fully saturated rings. The van der Waals surface area contributed by atoms with Crippen molar-refractivity contribution in [3.05, 3.63) is 35.9 Å². The van der Waals surface area contributed by atoms with Crippen LogP contribution in [0.15, 0.2) is 30.3 Å². The highest BCUT2D eigenvalue weighted by atomic mass is 16.6. The third kappa shape index (κ3) is 3.72. The summed E-state index contributed by atoms with van der Waals surface area (Å²) >= 11 is 0. The molecule has 3 amide bonds. The fraction of sp³-hybridized carbons (Fsp3) is 0.579. The van der Waals surface area contributed by atoms with Gasteiger partial charge in [-0.1, -0.05) is 30.3 Å². The number of ether oxygens (including phenoxy) is 1. The van der Waals surface area contributed by atoms with Crippen LogP contribution < -0.4 is 0 Å². The van der Waals surface area contributed by atoms with Gasteiger partial charge in [0.1, 0.15) is 6.61 Å². The number of hydrogen-bond acceptors (Lipinski definition) is 3. The zero-order chi connectivity index (χ0) is 18.0. The Morgan fingerprint density at radius 2 is 2.00 bits per heavy atom. The number of urea groups is 1. The van der Waals surface area contributed by atoms with E-state index in [0.29, 0.717) is 19.6 Å². The summed E-state index contributed by atoms with van der Waals surface area (Å²) in [6.45, 7) is 6.34. The van der Waals surface area contributed by atoms with Crippen LogP contribution in [-0.4, -0.2) is 65.1 Å². The molecule has 6 heteroatoms. The molecule has 2 aliphatic heterocycles. The van der Waals surface area contributed by atoms with Crippen LogP contribution in [0.1, 0.15) is 32.3 Å². The standard InChI is InChI=1S/C19H27N3O3/c1-19(2)14-22(17(23)20(19)3)16-10-7-11-21(12-16)18(24)25-13-15-8-5-4-6-9-15/h4-6,8-9,16H,7,10-14H2,1-3H3/t16-/m0/s1. The molecule has 1 aromatic rings. The number of likely N-dealkylation sites (tertiary alicyclic amines) is 1. The molecule has 1 atom stereocenters. The second kappa shape index (κ2) is 6.94. The van der Waals surface area contributed by atoms with Crippen molar-refractivity contribution in [3.8, 4) is 0 Å². The molecule has 6 nitrogen and oxygen atoms in total. The van der Waals surface area contributed by atoms with Crippen LogP contribution in [0.2, 0.25) is 0 Å². The minimum absolute atomic E-state index is 0.0505. The van der Waals surface area contributed by atoms with E-state index in [0.717, 1.165) is 18.4 Å². The van der Waals surface area contributed by atoms with Crippen molar-refractivity contribution in [3.63, 3.8) is 0 Å². The number of nitrogens with zero attached hydrogens (tertiary/aromatic N) is 3. The van der Waals surface area contributed by atoms with Crippen LogP contribution in [0, 0.1) is 0 Å². The van der Waals surface area contributed by atoms with E-state index in [4.69, 9.17) is 4.74 Å². The number of rotatable bonds is 3. The van der Waals surface area contributed by atoms with Crippen LogP contribution in [0.4, 0.5) is 9.59 Å². The molecule has 0 spiro atoms. The van der Waals surface area contributed by atoms with E-state index >= 15 is 0 Å². The summed E-state index contributed by atoms with van der Waals surface area (Å²) in [6, 6.07) is 9.78. The maximum absolute atomic E-state index is 12.5. The van der Waals surface area contributed by atoms with Crippen molar-refractivity contribution in [2.45, 2.75) is 44.9 Å². The fourth-order valence-corrected chi connectivity index (χ4v) is 3.51. The van der Waals surface area contributed by atoms with Crippen molar-refractivity contribution in [2.24, 2.45) is 0 Å². The summed E-state index contributed by atoms with van der Waals surface area (Å²) in [4.78, 5) is 30.4. The first-order chi connectivity index (χ1) is 11.9. The Kier molecular flexibility index (Phi) is 4.88. The van der Waals surface area contributed by atoms with Gasteiger partial charge in [0.25, 0.3) is 0 Å². The van der Waals surface area contributed by atoms with Gasteiger partial charge in [-0.05, 0) is 32.3 Å². The Labute approximate surface area is 149 Å². The number of piperidine rings is 1. The van der Waals surface area contributed by atoms with Crippen molar-refractivity contribution >= 4 is 12.1 Å². The van der Waals surface area contributed by atoms with Crippen molar-refractivity contribution in [1.82, 2.24) is 14.7 Å². The van der Waals surface area contributed by atoms with E-state index in [1.807, 2.05) is 42.3 Å². The number of benzene rings is 1. The Morgan fingerprint density at radius 1 is 1.28 bits per heavy atom. The second-order valence-electron chi connectivity index (χ2n) is 7.56. The summed E-state index contributed by atoms with van der Waals surface area (Å²) < 4.78 is 5.44. The molecule has 0 N–H and O–H groups in total. The zero-order valence-electron chi connectivity index (χ0n) is 15.3. The largest absolute Gasteiger partial charge is 0.445 e. The van der Waals surface area contributed by atoms with Crippen LogP contribution in [0.5, 0.6) is 0 Å². The van der Waals surface area contributed by atoms with E-state index in [-0.39, 0.29) is 30.3 Å². The molecule has 2 aliphatic rings. The van der Waals surface area contributed by atoms with Gasteiger partial charge in [0.15, 0.2) is 0 Å². The van der Waals surface area contributed by atoms with E-state index in [1.165, 1.54) is 0 Å². The van der Waals surface area contributed by atoms with Crippen LogP contribution >= 0.6 is 0 Å². The quantitative estimate of drug-likeness (QED) is 0.846.